The highest BCUT2D eigenvalue weighted by Gasteiger charge is 2.44. The van der Waals surface area contributed by atoms with E-state index in [9.17, 15) is 9.59 Å². The lowest BCUT2D eigenvalue weighted by Gasteiger charge is -2.12. The quantitative estimate of drug-likeness (QED) is 0.530. The topological polar surface area (TPSA) is 64.0 Å². The van der Waals surface area contributed by atoms with Gasteiger partial charge in [0.1, 0.15) is 5.69 Å². The minimum absolute atomic E-state index is 0.161. The molecule has 0 aliphatic heterocycles. The van der Waals surface area contributed by atoms with Crippen LogP contribution in [0.3, 0.4) is 0 Å². The van der Waals surface area contributed by atoms with Gasteiger partial charge in [0, 0.05) is 21.9 Å². The van der Waals surface area contributed by atoms with E-state index in [1.54, 1.807) is 24.3 Å². The first-order valence-electron chi connectivity index (χ1n) is 9.75. The predicted octanol–water partition coefficient (Wildman–Crippen LogP) is 4.59. The number of rotatable bonds is 4. The molecule has 0 spiro atoms. The van der Waals surface area contributed by atoms with E-state index in [0.717, 1.165) is 27.7 Å². The average molecular weight is 416 g/mol. The number of aromatic nitrogens is 2. The molecule has 0 bridgehead atoms. The first-order valence-corrected chi connectivity index (χ1v) is 10.1. The first-order chi connectivity index (χ1) is 14.6. The summed E-state index contributed by atoms with van der Waals surface area (Å²) in [4.78, 5) is 26.8. The van der Waals surface area contributed by atoms with Crippen molar-refractivity contribution in [3.05, 3.63) is 99.8 Å². The van der Waals surface area contributed by atoms with E-state index < -0.39 is 0 Å². The number of benzene rings is 3. The Hall–Kier alpha value is -3.44. The lowest BCUT2D eigenvalue weighted by Crippen LogP contribution is -2.36. The Morgan fingerprint density at radius 3 is 2.33 bits per heavy atom. The number of hydrogen-bond acceptors (Lipinski definition) is 3. The molecule has 1 heterocycles. The van der Waals surface area contributed by atoms with E-state index >= 15 is 0 Å². The normalized spacial score (nSPS) is 17.6. The van der Waals surface area contributed by atoms with Gasteiger partial charge in [-0.2, -0.15) is 0 Å². The number of carbonyl (C=O) groups is 1. The van der Waals surface area contributed by atoms with Gasteiger partial charge in [0.05, 0.1) is 5.39 Å². The van der Waals surface area contributed by atoms with Gasteiger partial charge in [0.2, 0.25) is 5.91 Å². The fourth-order valence-corrected chi connectivity index (χ4v) is 3.95. The summed E-state index contributed by atoms with van der Waals surface area (Å²) in [5.41, 5.74) is 4.92. The summed E-state index contributed by atoms with van der Waals surface area (Å²) in [6.45, 7) is 0. The maximum atomic E-state index is 13.0. The molecule has 0 unspecified atom stereocenters. The molecule has 0 saturated heterocycles. The fourth-order valence-electron chi connectivity index (χ4n) is 3.83. The Labute approximate surface area is 177 Å². The third kappa shape index (κ3) is 3.37. The van der Waals surface area contributed by atoms with Crippen molar-refractivity contribution in [3.8, 4) is 11.3 Å². The molecule has 5 rings (SSSR count). The standard InChI is InChI=1S/C24H18ClN3O2/c25-17-12-10-16(11-13-17)22-18-8-4-5-9-19(18)24(30)28(26-22)27-23(29)21-14-20(21)15-6-2-1-3-7-15/h1-13,20-21H,14H2,(H,27,29)/t20-,21+/m0/s1. The molecule has 5 nitrogen and oxygen atoms in total. The van der Waals surface area contributed by atoms with Gasteiger partial charge < -0.3 is 0 Å². The molecule has 3 aromatic carbocycles. The van der Waals surface area contributed by atoms with Crippen LogP contribution in [0.2, 0.25) is 5.02 Å². The third-order valence-corrected chi connectivity index (χ3v) is 5.75. The highest BCUT2D eigenvalue weighted by molar-refractivity contribution is 6.30. The number of halogens is 1. The molecule has 1 aliphatic rings. The van der Waals surface area contributed by atoms with Gasteiger partial charge in [-0.1, -0.05) is 72.3 Å². The zero-order chi connectivity index (χ0) is 20.7. The smallest absolute Gasteiger partial charge is 0.273 e. The van der Waals surface area contributed by atoms with E-state index in [-0.39, 0.29) is 23.3 Å². The van der Waals surface area contributed by atoms with Crippen LogP contribution in [0.1, 0.15) is 17.9 Å². The largest absolute Gasteiger partial charge is 0.294 e. The second-order valence-electron chi connectivity index (χ2n) is 7.45. The molecule has 1 aliphatic carbocycles. The lowest BCUT2D eigenvalue weighted by molar-refractivity contribution is -0.118. The van der Waals surface area contributed by atoms with Crippen molar-refractivity contribution in [2.45, 2.75) is 12.3 Å². The molecule has 30 heavy (non-hydrogen) atoms. The Morgan fingerprint density at radius 1 is 0.933 bits per heavy atom. The Morgan fingerprint density at radius 2 is 1.60 bits per heavy atom. The van der Waals surface area contributed by atoms with Crippen molar-refractivity contribution >= 4 is 28.3 Å². The van der Waals surface area contributed by atoms with Crippen LogP contribution in [-0.4, -0.2) is 15.8 Å². The summed E-state index contributed by atoms with van der Waals surface area (Å²) in [7, 11) is 0. The third-order valence-electron chi connectivity index (χ3n) is 5.49. The van der Waals surface area contributed by atoms with E-state index in [4.69, 9.17) is 11.6 Å². The van der Waals surface area contributed by atoms with Crippen LogP contribution in [0.25, 0.3) is 22.0 Å². The maximum absolute atomic E-state index is 13.0. The van der Waals surface area contributed by atoms with E-state index in [1.165, 1.54) is 0 Å². The molecule has 148 valence electrons. The minimum atomic E-state index is -0.353. The molecule has 2 atom stereocenters. The SMILES string of the molecule is O=C(Nn1nc(-c2ccc(Cl)cc2)c2ccccc2c1=O)[C@@H]1C[C@H]1c1ccccc1. The number of nitrogens with zero attached hydrogens (tertiary/aromatic N) is 2. The van der Waals surface area contributed by atoms with Crippen molar-refractivity contribution in [1.82, 2.24) is 9.89 Å². The highest BCUT2D eigenvalue weighted by Crippen LogP contribution is 2.47. The molecular formula is C24H18ClN3O2. The van der Waals surface area contributed by atoms with Crippen molar-refractivity contribution in [3.63, 3.8) is 0 Å². The van der Waals surface area contributed by atoms with Crippen molar-refractivity contribution in [2.24, 2.45) is 5.92 Å². The summed E-state index contributed by atoms with van der Waals surface area (Å²) in [5, 5.41) is 6.31. The van der Waals surface area contributed by atoms with Crippen molar-refractivity contribution in [2.75, 3.05) is 5.43 Å². The molecule has 0 radical (unpaired) electrons. The molecule has 1 N–H and O–H groups in total. The summed E-state index contributed by atoms with van der Waals surface area (Å²) >= 11 is 6.02. The zero-order valence-corrected chi connectivity index (χ0v) is 16.7. The van der Waals surface area contributed by atoms with Crippen molar-refractivity contribution < 1.29 is 4.79 Å². The maximum Gasteiger partial charge on any atom is 0.294 e. The van der Waals surface area contributed by atoms with Gasteiger partial charge in [-0.25, -0.2) is 5.43 Å². The van der Waals surface area contributed by atoms with Crippen LogP contribution in [-0.2, 0) is 4.79 Å². The Balaban J connectivity index is 1.50. The number of carbonyl (C=O) groups excluding carboxylic acids is 1. The average Bonchev–Trinajstić information content (AvgIpc) is 3.58. The van der Waals surface area contributed by atoms with Gasteiger partial charge in [0.15, 0.2) is 0 Å². The van der Waals surface area contributed by atoms with Gasteiger partial charge in [0.25, 0.3) is 5.56 Å². The number of hydrogen-bond donors (Lipinski definition) is 1. The van der Waals surface area contributed by atoms with Crippen LogP contribution >= 0.6 is 11.6 Å². The highest BCUT2D eigenvalue weighted by atomic mass is 35.5. The summed E-state index contributed by atoms with van der Waals surface area (Å²) in [6, 6.07) is 24.4. The first kappa shape index (κ1) is 18.6. The van der Waals surface area contributed by atoms with Gasteiger partial charge >= 0.3 is 0 Å². The summed E-state index contributed by atoms with van der Waals surface area (Å²) in [5.74, 6) is -0.180. The fraction of sp³-hybridized carbons (Fsp3) is 0.125. The summed E-state index contributed by atoms with van der Waals surface area (Å²) < 4.78 is 0. The van der Waals surface area contributed by atoms with E-state index in [1.807, 2.05) is 54.6 Å². The zero-order valence-electron chi connectivity index (χ0n) is 16.0. The monoisotopic (exact) mass is 415 g/mol. The Bertz CT molecular complexity index is 1300. The molecule has 4 aromatic rings. The van der Waals surface area contributed by atoms with Crippen molar-refractivity contribution in [1.29, 1.82) is 0 Å². The number of nitrogens with one attached hydrogen (secondary N) is 1. The van der Waals surface area contributed by atoms with Gasteiger partial charge in [-0.3, -0.25) is 9.59 Å². The van der Waals surface area contributed by atoms with E-state index in [2.05, 4.69) is 10.5 Å². The summed E-state index contributed by atoms with van der Waals surface area (Å²) in [6.07, 6.45) is 0.766. The van der Waals surface area contributed by atoms with Crippen LogP contribution in [0.5, 0.6) is 0 Å². The number of fused-ring (bicyclic) bond motifs is 1. The van der Waals surface area contributed by atoms with Crippen LogP contribution in [0.4, 0.5) is 0 Å². The molecular weight excluding hydrogens is 398 g/mol. The Kier molecular flexibility index (Phi) is 4.60. The second-order valence-corrected chi connectivity index (χ2v) is 7.89. The minimum Gasteiger partial charge on any atom is -0.273 e. The lowest BCUT2D eigenvalue weighted by atomic mass is 10.1. The number of amides is 1. The molecule has 1 aromatic heterocycles. The molecule has 1 fully saturated rings. The van der Waals surface area contributed by atoms with E-state index in [0.29, 0.717) is 16.1 Å². The molecule has 6 heteroatoms. The van der Waals surface area contributed by atoms with Crippen LogP contribution in [0.15, 0.2) is 83.7 Å². The second kappa shape index (κ2) is 7.43. The molecule has 1 saturated carbocycles. The van der Waals surface area contributed by atoms with Crippen LogP contribution < -0.4 is 11.0 Å². The molecule has 1 amide bonds. The van der Waals surface area contributed by atoms with Crippen LogP contribution in [0, 0.1) is 5.92 Å². The predicted molar refractivity (Wildman–Crippen MR) is 118 cm³/mol. The van der Waals surface area contributed by atoms with Gasteiger partial charge in [-0.05, 0) is 36.1 Å². The van der Waals surface area contributed by atoms with Gasteiger partial charge in [-0.15, -0.1) is 9.89 Å².